The number of nitrogen functional groups attached to an aromatic ring is 1. The molecule has 0 aromatic heterocycles. The number of anilines is 1. The third-order valence-electron chi connectivity index (χ3n) is 1.93. The third kappa shape index (κ3) is 0.887. The summed E-state index contributed by atoms with van der Waals surface area (Å²) in [4.78, 5) is 0. The van der Waals surface area contributed by atoms with Crippen molar-refractivity contribution in [2.24, 2.45) is 5.73 Å². The molecule has 1 heterocycles. The summed E-state index contributed by atoms with van der Waals surface area (Å²) in [6.07, 6.45) is 0. The molecule has 0 saturated heterocycles. The van der Waals surface area contributed by atoms with Crippen molar-refractivity contribution in [1.82, 2.24) is 0 Å². The second-order valence-corrected chi connectivity index (χ2v) is 2.88. The van der Waals surface area contributed by atoms with Gasteiger partial charge in [-0.15, -0.1) is 0 Å². The van der Waals surface area contributed by atoms with Crippen molar-refractivity contribution in [2.45, 2.75) is 6.04 Å². The van der Waals surface area contributed by atoms with Crippen molar-refractivity contribution < 1.29 is 9.84 Å². The molecule has 64 valence electrons. The lowest BCUT2D eigenvalue weighted by molar-refractivity contribution is 0.317. The number of phenols is 1. The molecule has 4 nitrogen and oxygen atoms in total. The van der Waals surface area contributed by atoms with E-state index in [4.69, 9.17) is 16.2 Å². The zero-order valence-corrected chi connectivity index (χ0v) is 6.45. The molecule has 1 aromatic rings. The van der Waals surface area contributed by atoms with E-state index in [9.17, 15) is 5.11 Å². The Kier molecular flexibility index (Phi) is 1.38. The van der Waals surface area contributed by atoms with E-state index < -0.39 is 0 Å². The van der Waals surface area contributed by atoms with Crippen LogP contribution in [-0.4, -0.2) is 11.7 Å². The Morgan fingerprint density at radius 1 is 1.50 bits per heavy atom. The monoisotopic (exact) mass is 166 g/mol. The van der Waals surface area contributed by atoms with Gasteiger partial charge in [0.15, 0.2) is 11.5 Å². The second-order valence-electron chi connectivity index (χ2n) is 2.88. The highest BCUT2D eigenvalue weighted by Gasteiger charge is 2.23. The van der Waals surface area contributed by atoms with Gasteiger partial charge in [-0.3, -0.25) is 0 Å². The highest BCUT2D eigenvalue weighted by atomic mass is 16.5. The van der Waals surface area contributed by atoms with Gasteiger partial charge in [-0.2, -0.15) is 0 Å². The standard InChI is InChI=1S/C8H10N2O2/c9-4-1-5-6(10)3-12-8(5)7(11)2-4/h1-2,6,11H,3,9-10H2/t6-/m1/s1. The summed E-state index contributed by atoms with van der Waals surface area (Å²) in [5.74, 6) is 0.537. The topological polar surface area (TPSA) is 81.5 Å². The highest BCUT2D eigenvalue weighted by molar-refractivity contribution is 5.58. The van der Waals surface area contributed by atoms with Crippen molar-refractivity contribution in [1.29, 1.82) is 0 Å². The Morgan fingerprint density at radius 3 is 3.00 bits per heavy atom. The smallest absolute Gasteiger partial charge is 0.166 e. The fourth-order valence-electron chi connectivity index (χ4n) is 1.35. The number of phenolic OH excluding ortho intramolecular Hbond substituents is 1. The lowest BCUT2D eigenvalue weighted by Crippen LogP contribution is -2.10. The number of ether oxygens (including phenoxy) is 1. The molecule has 1 aromatic carbocycles. The van der Waals surface area contributed by atoms with Crippen LogP contribution in [0.4, 0.5) is 5.69 Å². The molecule has 0 spiro atoms. The summed E-state index contributed by atoms with van der Waals surface area (Å²) < 4.78 is 5.17. The van der Waals surface area contributed by atoms with Crippen LogP contribution in [0.25, 0.3) is 0 Å². The van der Waals surface area contributed by atoms with Crippen molar-refractivity contribution in [2.75, 3.05) is 12.3 Å². The van der Waals surface area contributed by atoms with Gasteiger partial charge in [0.05, 0.1) is 6.04 Å². The minimum absolute atomic E-state index is 0.0675. The van der Waals surface area contributed by atoms with Gasteiger partial charge in [0, 0.05) is 17.3 Å². The predicted octanol–water partition coefficient (Wildman–Crippen LogP) is 0.367. The molecule has 0 unspecified atom stereocenters. The summed E-state index contributed by atoms with van der Waals surface area (Å²) in [6.45, 7) is 0.409. The largest absolute Gasteiger partial charge is 0.504 e. The van der Waals surface area contributed by atoms with Crippen LogP contribution >= 0.6 is 0 Å². The molecule has 0 bridgehead atoms. The van der Waals surface area contributed by atoms with Crippen LogP contribution in [0, 0.1) is 0 Å². The minimum Gasteiger partial charge on any atom is -0.504 e. The van der Waals surface area contributed by atoms with Crippen LogP contribution in [0.3, 0.4) is 0 Å². The molecule has 0 saturated carbocycles. The Bertz CT molecular complexity index is 325. The second kappa shape index (κ2) is 2.28. The Morgan fingerprint density at radius 2 is 2.25 bits per heavy atom. The maximum Gasteiger partial charge on any atom is 0.166 e. The molecule has 0 amide bonds. The number of aromatic hydroxyl groups is 1. The number of rotatable bonds is 0. The van der Waals surface area contributed by atoms with E-state index in [1.807, 2.05) is 0 Å². The Balaban J connectivity index is 2.60. The first kappa shape index (κ1) is 7.24. The van der Waals surface area contributed by atoms with Crippen molar-refractivity contribution in [3.8, 4) is 11.5 Å². The molecule has 0 aliphatic carbocycles. The van der Waals surface area contributed by atoms with E-state index in [1.165, 1.54) is 6.07 Å². The summed E-state index contributed by atoms with van der Waals surface area (Å²) in [5.41, 5.74) is 12.5. The first-order valence-electron chi connectivity index (χ1n) is 3.69. The molecule has 12 heavy (non-hydrogen) atoms. The van der Waals surface area contributed by atoms with Gasteiger partial charge in [-0.1, -0.05) is 0 Å². The van der Waals surface area contributed by atoms with Crippen LogP contribution in [0.1, 0.15) is 11.6 Å². The fourth-order valence-corrected chi connectivity index (χ4v) is 1.35. The maximum atomic E-state index is 9.37. The van der Waals surface area contributed by atoms with Crippen molar-refractivity contribution in [3.05, 3.63) is 17.7 Å². The molecule has 5 N–H and O–H groups in total. The molecule has 1 atom stereocenters. The van der Waals surface area contributed by atoms with Crippen molar-refractivity contribution >= 4 is 5.69 Å². The summed E-state index contributed by atoms with van der Waals surface area (Å²) in [5, 5.41) is 9.37. The number of benzene rings is 1. The fraction of sp³-hybridized carbons (Fsp3) is 0.250. The summed E-state index contributed by atoms with van der Waals surface area (Å²) in [7, 11) is 0. The van der Waals surface area contributed by atoms with E-state index in [0.717, 1.165) is 5.56 Å². The van der Waals surface area contributed by atoms with Crippen LogP contribution < -0.4 is 16.2 Å². The first-order chi connectivity index (χ1) is 5.68. The lowest BCUT2D eigenvalue weighted by atomic mass is 10.1. The normalized spacial score (nSPS) is 20.2. The molecule has 2 rings (SSSR count). The van der Waals surface area contributed by atoms with E-state index in [1.54, 1.807) is 6.07 Å². The van der Waals surface area contributed by atoms with Crippen LogP contribution in [0.5, 0.6) is 11.5 Å². The van der Waals surface area contributed by atoms with Gasteiger partial charge in [0.2, 0.25) is 0 Å². The lowest BCUT2D eigenvalue weighted by Gasteiger charge is -2.03. The molecule has 1 aliphatic rings. The third-order valence-corrected chi connectivity index (χ3v) is 1.93. The summed E-state index contributed by atoms with van der Waals surface area (Å²) in [6, 6.07) is 3.01. The van der Waals surface area contributed by atoms with Gasteiger partial charge in [0.1, 0.15) is 6.61 Å². The molecule has 0 radical (unpaired) electrons. The van der Waals surface area contributed by atoms with E-state index in [-0.39, 0.29) is 11.8 Å². The molecule has 4 heteroatoms. The zero-order valence-electron chi connectivity index (χ0n) is 6.45. The van der Waals surface area contributed by atoms with E-state index in [0.29, 0.717) is 18.0 Å². The highest BCUT2D eigenvalue weighted by Crippen LogP contribution is 2.40. The van der Waals surface area contributed by atoms with Crippen LogP contribution in [0.15, 0.2) is 12.1 Å². The van der Waals surface area contributed by atoms with Gasteiger partial charge in [-0.05, 0) is 6.07 Å². The first-order valence-corrected chi connectivity index (χ1v) is 3.69. The van der Waals surface area contributed by atoms with Gasteiger partial charge in [-0.25, -0.2) is 0 Å². The maximum absolute atomic E-state index is 9.37. The van der Waals surface area contributed by atoms with Gasteiger partial charge < -0.3 is 21.3 Å². The average Bonchev–Trinajstić information content (AvgIpc) is 2.33. The van der Waals surface area contributed by atoms with Crippen molar-refractivity contribution in [3.63, 3.8) is 0 Å². The average molecular weight is 166 g/mol. The number of fused-ring (bicyclic) bond motifs is 1. The molecule has 0 fully saturated rings. The number of hydrogen-bond donors (Lipinski definition) is 3. The van der Waals surface area contributed by atoms with Crippen LogP contribution in [-0.2, 0) is 0 Å². The Labute approximate surface area is 69.7 Å². The van der Waals surface area contributed by atoms with E-state index in [2.05, 4.69) is 0 Å². The predicted molar refractivity (Wildman–Crippen MR) is 44.9 cm³/mol. The van der Waals surface area contributed by atoms with Gasteiger partial charge >= 0.3 is 0 Å². The molecule has 1 aliphatic heterocycles. The van der Waals surface area contributed by atoms with E-state index >= 15 is 0 Å². The van der Waals surface area contributed by atoms with Gasteiger partial charge in [0.25, 0.3) is 0 Å². The quantitative estimate of drug-likeness (QED) is 0.486. The summed E-state index contributed by atoms with van der Waals surface area (Å²) >= 11 is 0. The molecular formula is C8H10N2O2. The Hall–Kier alpha value is -1.42. The SMILES string of the molecule is Nc1cc(O)c2c(c1)[C@H](N)CO2. The number of nitrogens with two attached hydrogens (primary N) is 2. The minimum atomic E-state index is -0.172. The van der Waals surface area contributed by atoms with Crippen LogP contribution in [0.2, 0.25) is 0 Å². The zero-order chi connectivity index (χ0) is 8.72. The molecular weight excluding hydrogens is 156 g/mol. The number of hydrogen-bond acceptors (Lipinski definition) is 4.